The number of thiophene rings is 1. The first-order valence-corrected chi connectivity index (χ1v) is 7.23. The number of aliphatic hydroxyl groups is 1. The van der Waals surface area contributed by atoms with Crippen molar-refractivity contribution in [1.82, 2.24) is 4.90 Å². The van der Waals surface area contributed by atoms with Crippen LogP contribution in [0.5, 0.6) is 0 Å². The van der Waals surface area contributed by atoms with Gasteiger partial charge in [0.25, 0.3) is 0 Å². The van der Waals surface area contributed by atoms with Crippen LogP contribution in [0.3, 0.4) is 0 Å². The van der Waals surface area contributed by atoms with Crippen LogP contribution in [-0.2, 0) is 13.1 Å². The van der Waals surface area contributed by atoms with Gasteiger partial charge in [0, 0.05) is 19.6 Å². The molecule has 0 bridgehead atoms. The van der Waals surface area contributed by atoms with E-state index in [1.165, 1.54) is 17.7 Å². The third-order valence-corrected chi connectivity index (χ3v) is 3.56. The summed E-state index contributed by atoms with van der Waals surface area (Å²) in [6.07, 6.45) is -0.376. The van der Waals surface area contributed by atoms with Gasteiger partial charge in [-0.25, -0.2) is 4.39 Å². The molecule has 0 fully saturated rings. The van der Waals surface area contributed by atoms with Crippen LogP contribution < -0.4 is 0 Å². The Kier molecular flexibility index (Phi) is 5.07. The lowest BCUT2D eigenvalue weighted by Crippen LogP contribution is -2.30. The van der Waals surface area contributed by atoms with Crippen molar-refractivity contribution in [2.24, 2.45) is 0 Å². The molecule has 0 aliphatic carbocycles. The molecule has 1 aromatic heterocycles. The van der Waals surface area contributed by atoms with Gasteiger partial charge in [-0.3, -0.25) is 4.90 Å². The van der Waals surface area contributed by atoms with E-state index in [4.69, 9.17) is 0 Å². The van der Waals surface area contributed by atoms with Crippen LogP contribution >= 0.6 is 11.3 Å². The molecule has 0 saturated heterocycles. The summed E-state index contributed by atoms with van der Waals surface area (Å²) in [6.45, 7) is 3.89. The van der Waals surface area contributed by atoms with Crippen molar-refractivity contribution < 1.29 is 9.50 Å². The Morgan fingerprint density at radius 1 is 1.16 bits per heavy atom. The molecule has 0 aliphatic heterocycles. The van der Waals surface area contributed by atoms with E-state index in [0.29, 0.717) is 13.1 Å². The SMILES string of the molecule is CC(O)CN(Cc1ccc(F)cc1)Cc1ccsc1. The second kappa shape index (κ2) is 6.80. The number of aliphatic hydroxyl groups excluding tert-OH is 1. The average Bonchev–Trinajstić information content (AvgIpc) is 2.84. The van der Waals surface area contributed by atoms with E-state index in [2.05, 4.69) is 16.3 Å². The van der Waals surface area contributed by atoms with E-state index in [1.54, 1.807) is 30.4 Å². The summed E-state index contributed by atoms with van der Waals surface area (Å²) in [5.41, 5.74) is 2.30. The molecule has 102 valence electrons. The van der Waals surface area contributed by atoms with Gasteiger partial charge < -0.3 is 5.11 Å². The Morgan fingerprint density at radius 2 is 1.84 bits per heavy atom. The second-order valence-corrected chi connectivity index (χ2v) is 5.56. The highest BCUT2D eigenvalue weighted by atomic mass is 32.1. The molecule has 1 atom stereocenters. The smallest absolute Gasteiger partial charge is 0.123 e. The Morgan fingerprint density at radius 3 is 2.42 bits per heavy atom. The van der Waals surface area contributed by atoms with Crippen molar-refractivity contribution in [2.75, 3.05) is 6.54 Å². The Labute approximate surface area is 117 Å². The zero-order valence-electron chi connectivity index (χ0n) is 10.9. The number of nitrogens with zero attached hydrogens (tertiary/aromatic N) is 1. The number of hydrogen-bond acceptors (Lipinski definition) is 3. The monoisotopic (exact) mass is 279 g/mol. The van der Waals surface area contributed by atoms with E-state index in [-0.39, 0.29) is 11.9 Å². The van der Waals surface area contributed by atoms with Crippen LogP contribution in [0, 0.1) is 5.82 Å². The quantitative estimate of drug-likeness (QED) is 0.877. The lowest BCUT2D eigenvalue weighted by Gasteiger charge is -2.23. The van der Waals surface area contributed by atoms with Crippen LogP contribution in [0.1, 0.15) is 18.1 Å². The molecule has 0 saturated carbocycles. The van der Waals surface area contributed by atoms with Gasteiger partial charge in [0.05, 0.1) is 6.10 Å². The molecule has 0 aliphatic rings. The minimum Gasteiger partial charge on any atom is -0.392 e. The van der Waals surface area contributed by atoms with Crippen LogP contribution in [-0.4, -0.2) is 22.7 Å². The number of hydrogen-bond donors (Lipinski definition) is 1. The fourth-order valence-corrected chi connectivity index (χ4v) is 2.71. The normalized spacial score (nSPS) is 12.8. The first kappa shape index (κ1) is 14.2. The molecule has 0 amide bonds. The summed E-state index contributed by atoms with van der Waals surface area (Å²) in [5.74, 6) is -0.219. The zero-order chi connectivity index (χ0) is 13.7. The van der Waals surface area contributed by atoms with Crippen LogP contribution in [0.2, 0.25) is 0 Å². The minimum absolute atomic E-state index is 0.219. The fourth-order valence-electron chi connectivity index (χ4n) is 2.05. The Balaban J connectivity index is 2.02. The summed E-state index contributed by atoms with van der Waals surface area (Å²) < 4.78 is 12.9. The maximum absolute atomic E-state index is 12.9. The molecule has 1 N–H and O–H groups in total. The molecule has 19 heavy (non-hydrogen) atoms. The minimum atomic E-state index is -0.376. The van der Waals surface area contributed by atoms with Gasteiger partial charge in [-0.05, 0) is 47.0 Å². The van der Waals surface area contributed by atoms with Gasteiger partial charge in [-0.1, -0.05) is 12.1 Å². The van der Waals surface area contributed by atoms with Crippen molar-refractivity contribution in [2.45, 2.75) is 26.1 Å². The summed E-state index contributed by atoms with van der Waals surface area (Å²) in [4.78, 5) is 2.17. The molecule has 1 unspecified atom stereocenters. The van der Waals surface area contributed by atoms with Crippen molar-refractivity contribution in [3.8, 4) is 0 Å². The summed E-state index contributed by atoms with van der Waals surface area (Å²) >= 11 is 1.67. The largest absolute Gasteiger partial charge is 0.392 e. The Bertz CT molecular complexity index is 481. The van der Waals surface area contributed by atoms with E-state index in [9.17, 15) is 9.50 Å². The van der Waals surface area contributed by atoms with E-state index >= 15 is 0 Å². The maximum Gasteiger partial charge on any atom is 0.123 e. The van der Waals surface area contributed by atoms with Crippen molar-refractivity contribution in [3.63, 3.8) is 0 Å². The van der Waals surface area contributed by atoms with Crippen molar-refractivity contribution in [1.29, 1.82) is 0 Å². The number of benzene rings is 1. The second-order valence-electron chi connectivity index (χ2n) is 4.78. The highest BCUT2D eigenvalue weighted by Gasteiger charge is 2.10. The first-order valence-electron chi connectivity index (χ1n) is 6.29. The molecule has 4 heteroatoms. The topological polar surface area (TPSA) is 23.5 Å². The third-order valence-electron chi connectivity index (χ3n) is 2.83. The fraction of sp³-hybridized carbons (Fsp3) is 0.333. The molecule has 0 spiro atoms. The molecule has 2 aromatic rings. The molecule has 1 heterocycles. The standard InChI is InChI=1S/C15H18FNOS/c1-12(18)8-17(10-14-6-7-19-11-14)9-13-2-4-15(16)5-3-13/h2-7,11-12,18H,8-10H2,1H3. The van der Waals surface area contributed by atoms with E-state index in [1.807, 2.05) is 5.38 Å². The summed E-state index contributed by atoms with van der Waals surface area (Å²) in [7, 11) is 0. The molecular formula is C15H18FNOS. The van der Waals surface area contributed by atoms with Gasteiger partial charge in [0.15, 0.2) is 0 Å². The zero-order valence-corrected chi connectivity index (χ0v) is 11.7. The number of rotatable bonds is 6. The summed E-state index contributed by atoms with van der Waals surface area (Å²) in [6, 6.07) is 8.61. The van der Waals surface area contributed by atoms with Crippen LogP contribution in [0.15, 0.2) is 41.1 Å². The highest BCUT2D eigenvalue weighted by molar-refractivity contribution is 7.07. The first-order chi connectivity index (χ1) is 9.13. The predicted molar refractivity (Wildman–Crippen MR) is 76.5 cm³/mol. The van der Waals surface area contributed by atoms with Gasteiger partial charge in [0.2, 0.25) is 0 Å². The van der Waals surface area contributed by atoms with Gasteiger partial charge >= 0.3 is 0 Å². The molecule has 1 aromatic carbocycles. The van der Waals surface area contributed by atoms with Gasteiger partial charge in [0.1, 0.15) is 5.82 Å². The molecular weight excluding hydrogens is 261 g/mol. The molecule has 2 nitrogen and oxygen atoms in total. The lowest BCUT2D eigenvalue weighted by molar-refractivity contribution is 0.118. The van der Waals surface area contributed by atoms with E-state index in [0.717, 1.165) is 12.1 Å². The van der Waals surface area contributed by atoms with Gasteiger partial charge in [-0.2, -0.15) is 11.3 Å². The molecule has 0 radical (unpaired) electrons. The number of halogens is 1. The predicted octanol–water partition coefficient (Wildman–Crippen LogP) is 3.27. The third kappa shape index (κ3) is 4.74. The van der Waals surface area contributed by atoms with E-state index < -0.39 is 0 Å². The molecule has 2 rings (SSSR count). The Hall–Kier alpha value is -1.23. The van der Waals surface area contributed by atoms with Crippen LogP contribution in [0.4, 0.5) is 4.39 Å². The van der Waals surface area contributed by atoms with Crippen molar-refractivity contribution >= 4 is 11.3 Å². The summed E-state index contributed by atoms with van der Waals surface area (Å²) in [5, 5.41) is 13.7. The lowest BCUT2D eigenvalue weighted by atomic mass is 10.2. The van der Waals surface area contributed by atoms with Crippen molar-refractivity contribution in [3.05, 3.63) is 58.0 Å². The van der Waals surface area contributed by atoms with Crippen LogP contribution in [0.25, 0.3) is 0 Å². The van der Waals surface area contributed by atoms with Gasteiger partial charge in [-0.15, -0.1) is 0 Å². The highest BCUT2D eigenvalue weighted by Crippen LogP contribution is 2.13. The maximum atomic E-state index is 12.9. The average molecular weight is 279 g/mol.